The Morgan fingerprint density at radius 1 is 1.62 bits per heavy atom. The summed E-state index contributed by atoms with van der Waals surface area (Å²) in [7, 11) is 1.69. The number of hydrogen-bond acceptors (Lipinski definition) is 3. The van der Waals surface area contributed by atoms with E-state index >= 15 is 0 Å². The van der Waals surface area contributed by atoms with Crippen LogP contribution in [0.3, 0.4) is 0 Å². The third-order valence-electron chi connectivity index (χ3n) is 1.97. The molecule has 0 saturated heterocycles. The molecule has 0 aliphatic carbocycles. The molecule has 0 N–H and O–H groups in total. The van der Waals surface area contributed by atoms with Crippen LogP contribution in [0.5, 0.6) is 0 Å². The number of hydrogen-bond donors (Lipinski definition) is 0. The summed E-state index contributed by atoms with van der Waals surface area (Å²) in [5, 5.41) is 8.60. The zero-order valence-electron chi connectivity index (χ0n) is 9.40. The number of amides is 1. The van der Waals surface area contributed by atoms with Crippen LogP contribution in [0, 0.1) is 11.3 Å². The molecule has 82 valence electrons. The van der Waals surface area contributed by atoms with Crippen molar-refractivity contribution in [3.8, 4) is 6.07 Å². The van der Waals surface area contributed by atoms with Crippen LogP contribution in [-0.4, -0.2) is 29.4 Å². The van der Waals surface area contributed by atoms with Crippen molar-refractivity contribution in [3.63, 3.8) is 0 Å². The van der Waals surface area contributed by atoms with Gasteiger partial charge >= 0.3 is 0 Å². The Hall–Kier alpha value is -2.15. The zero-order chi connectivity index (χ0) is 12.1. The normalized spacial score (nSPS) is 9.31. The van der Waals surface area contributed by atoms with Gasteiger partial charge in [-0.1, -0.05) is 12.2 Å². The van der Waals surface area contributed by atoms with Crippen molar-refractivity contribution in [2.24, 2.45) is 0 Å². The van der Waals surface area contributed by atoms with Crippen LogP contribution >= 0.6 is 0 Å². The molecule has 0 bridgehead atoms. The predicted molar refractivity (Wildman–Crippen MR) is 60.7 cm³/mol. The van der Waals surface area contributed by atoms with Crippen LogP contribution in [0.1, 0.15) is 23.0 Å². The second kappa shape index (κ2) is 5.08. The van der Waals surface area contributed by atoms with Crippen LogP contribution in [-0.2, 0) is 0 Å². The number of likely N-dealkylation sites (N-methyl/N-ethyl adjacent to an activating group) is 1. The first-order valence-electron chi connectivity index (χ1n) is 4.80. The highest BCUT2D eigenvalue weighted by Gasteiger charge is 2.12. The quantitative estimate of drug-likeness (QED) is 0.719. The average Bonchev–Trinajstić information content (AvgIpc) is 2.27. The smallest absolute Gasteiger partial charge is 0.272 e. The minimum absolute atomic E-state index is 0.174. The van der Waals surface area contributed by atoms with E-state index in [0.29, 0.717) is 17.8 Å². The summed E-state index contributed by atoms with van der Waals surface area (Å²) in [4.78, 5) is 17.3. The second-order valence-electron chi connectivity index (χ2n) is 3.66. The van der Waals surface area contributed by atoms with Gasteiger partial charge in [0, 0.05) is 19.8 Å². The number of carbonyl (C=O) groups is 1. The van der Waals surface area contributed by atoms with Gasteiger partial charge in [-0.05, 0) is 19.1 Å². The van der Waals surface area contributed by atoms with E-state index in [0.717, 1.165) is 5.57 Å². The first-order chi connectivity index (χ1) is 7.54. The van der Waals surface area contributed by atoms with Gasteiger partial charge in [0.15, 0.2) is 0 Å². The molecule has 1 aromatic heterocycles. The van der Waals surface area contributed by atoms with Gasteiger partial charge in [-0.25, -0.2) is 4.98 Å². The minimum Gasteiger partial charge on any atom is -0.336 e. The fourth-order valence-corrected chi connectivity index (χ4v) is 1.26. The van der Waals surface area contributed by atoms with Crippen molar-refractivity contribution in [2.45, 2.75) is 6.92 Å². The summed E-state index contributed by atoms with van der Waals surface area (Å²) in [6, 6.07) is 5.08. The molecule has 4 heteroatoms. The molecule has 0 radical (unpaired) electrons. The molecule has 0 atom stereocenters. The molecule has 4 nitrogen and oxygen atoms in total. The van der Waals surface area contributed by atoms with Crippen molar-refractivity contribution >= 4 is 5.91 Å². The molecule has 0 aromatic carbocycles. The van der Waals surface area contributed by atoms with Crippen LogP contribution in [0.25, 0.3) is 0 Å². The van der Waals surface area contributed by atoms with Gasteiger partial charge in [0.25, 0.3) is 5.91 Å². The zero-order valence-corrected chi connectivity index (χ0v) is 9.40. The molecule has 16 heavy (non-hydrogen) atoms. The Morgan fingerprint density at radius 3 is 2.75 bits per heavy atom. The lowest BCUT2D eigenvalue weighted by atomic mass is 10.2. The first kappa shape index (κ1) is 11.9. The van der Waals surface area contributed by atoms with E-state index in [2.05, 4.69) is 11.6 Å². The van der Waals surface area contributed by atoms with E-state index in [9.17, 15) is 4.79 Å². The van der Waals surface area contributed by atoms with Crippen molar-refractivity contribution < 1.29 is 4.79 Å². The first-order valence-corrected chi connectivity index (χ1v) is 4.80. The maximum atomic E-state index is 11.8. The number of rotatable bonds is 3. The summed E-state index contributed by atoms with van der Waals surface area (Å²) < 4.78 is 0. The molecular formula is C12H13N3O. The Labute approximate surface area is 94.8 Å². The Kier molecular flexibility index (Phi) is 3.78. The molecule has 1 rings (SSSR count). The maximum Gasteiger partial charge on any atom is 0.272 e. The summed E-state index contributed by atoms with van der Waals surface area (Å²) >= 11 is 0. The number of nitrogens with zero attached hydrogens (tertiary/aromatic N) is 3. The van der Waals surface area contributed by atoms with Crippen molar-refractivity contribution in [1.29, 1.82) is 5.26 Å². The van der Waals surface area contributed by atoms with E-state index in [-0.39, 0.29) is 5.91 Å². The standard InChI is InChI=1S/C12H13N3O/c1-9(2)8-15(3)12(16)11-5-4-10(6-13)7-14-11/h4-5,7H,1,8H2,2-3H3. The number of carbonyl (C=O) groups excluding carboxylic acids is 1. The molecule has 0 aliphatic rings. The molecular weight excluding hydrogens is 202 g/mol. The Bertz CT molecular complexity index is 442. The molecule has 0 saturated carbocycles. The SMILES string of the molecule is C=C(C)CN(C)C(=O)c1ccc(C#N)cn1. The van der Waals surface area contributed by atoms with Gasteiger partial charge in [0.1, 0.15) is 11.8 Å². The van der Waals surface area contributed by atoms with Crippen LogP contribution in [0.15, 0.2) is 30.5 Å². The number of aromatic nitrogens is 1. The highest BCUT2D eigenvalue weighted by Crippen LogP contribution is 2.03. The third kappa shape index (κ3) is 2.92. The molecule has 0 fully saturated rings. The predicted octanol–water partition coefficient (Wildman–Crippen LogP) is 1.60. The summed E-state index contributed by atoms with van der Waals surface area (Å²) in [5.74, 6) is -0.174. The average molecular weight is 215 g/mol. The molecule has 0 aliphatic heterocycles. The number of nitriles is 1. The summed E-state index contributed by atoms with van der Waals surface area (Å²) in [6.45, 7) is 6.10. The monoisotopic (exact) mass is 215 g/mol. The largest absolute Gasteiger partial charge is 0.336 e. The lowest BCUT2D eigenvalue weighted by molar-refractivity contribution is 0.0801. The highest BCUT2D eigenvalue weighted by molar-refractivity contribution is 5.92. The minimum atomic E-state index is -0.174. The van der Waals surface area contributed by atoms with Crippen LogP contribution in [0.4, 0.5) is 0 Å². The van der Waals surface area contributed by atoms with Gasteiger partial charge in [-0.15, -0.1) is 0 Å². The topological polar surface area (TPSA) is 57.0 Å². The molecule has 0 spiro atoms. The highest BCUT2D eigenvalue weighted by atomic mass is 16.2. The lowest BCUT2D eigenvalue weighted by Crippen LogP contribution is -2.28. The van der Waals surface area contributed by atoms with Crippen molar-refractivity contribution in [1.82, 2.24) is 9.88 Å². The fraction of sp³-hybridized carbons (Fsp3) is 0.250. The third-order valence-corrected chi connectivity index (χ3v) is 1.97. The van der Waals surface area contributed by atoms with Gasteiger partial charge in [-0.3, -0.25) is 4.79 Å². The van der Waals surface area contributed by atoms with E-state index in [4.69, 9.17) is 5.26 Å². The van der Waals surface area contributed by atoms with E-state index < -0.39 is 0 Å². The van der Waals surface area contributed by atoms with Crippen LogP contribution in [0.2, 0.25) is 0 Å². The van der Waals surface area contributed by atoms with Gasteiger partial charge in [0.05, 0.1) is 5.56 Å². The molecule has 1 heterocycles. The van der Waals surface area contributed by atoms with Gasteiger partial charge in [-0.2, -0.15) is 5.26 Å². The van der Waals surface area contributed by atoms with Crippen LogP contribution < -0.4 is 0 Å². The maximum absolute atomic E-state index is 11.8. The number of pyridine rings is 1. The van der Waals surface area contributed by atoms with E-state index in [1.54, 1.807) is 19.2 Å². The lowest BCUT2D eigenvalue weighted by Gasteiger charge is -2.16. The summed E-state index contributed by atoms with van der Waals surface area (Å²) in [5.41, 5.74) is 1.69. The second-order valence-corrected chi connectivity index (χ2v) is 3.66. The van der Waals surface area contributed by atoms with E-state index in [1.165, 1.54) is 11.1 Å². The summed E-state index contributed by atoms with van der Waals surface area (Å²) in [6.07, 6.45) is 1.39. The van der Waals surface area contributed by atoms with Gasteiger partial charge in [0.2, 0.25) is 0 Å². The van der Waals surface area contributed by atoms with E-state index in [1.807, 2.05) is 13.0 Å². The fourth-order valence-electron chi connectivity index (χ4n) is 1.26. The Morgan fingerprint density at radius 2 is 2.31 bits per heavy atom. The van der Waals surface area contributed by atoms with Crippen molar-refractivity contribution in [3.05, 3.63) is 41.7 Å². The van der Waals surface area contributed by atoms with Crippen molar-refractivity contribution in [2.75, 3.05) is 13.6 Å². The molecule has 1 amide bonds. The Balaban J connectivity index is 2.80. The van der Waals surface area contributed by atoms with Gasteiger partial charge < -0.3 is 4.90 Å². The molecule has 1 aromatic rings. The molecule has 0 unspecified atom stereocenters.